The Morgan fingerprint density at radius 3 is 2.57 bits per heavy atom. The maximum absolute atomic E-state index is 10.7. The molecule has 1 aromatic heterocycles. The van der Waals surface area contributed by atoms with Crippen LogP contribution >= 0.6 is 12.2 Å². The number of nitrogens with zero attached hydrogens (tertiary/aromatic N) is 4. The summed E-state index contributed by atoms with van der Waals surface area (Å²) in [6, 6.07) is 6.12. The quantitative estimate of drug-likeness (QED) is 0.504. The summed E-state index contributed by atoms with van der Waals surface area (Å²) < 4.78 is 0. The molecule has 0 spiro atoms. The molecule has 1 aromatic carbocycles. The molecule has 1 fully saturated rings. The lowest BCUT2D eigenvalue weighted by molar-refractivity contribution is -0.384. The lowest BCUT2D eigenvalue weighted by Gasteiger charge is -2.28. The lowest BCUT2D eigenvalue weighted by atomic mass is 10.1. The number of nitrogens with one attached hydrogen (secondary N) is 2. The van der Waals surface area contributed by atoms with Gasteiger partial charge in [0, 0.05) is 30.9 Å². The van der Waals surface area contributed by atoms with Crippen molar-refractivity contribution in [2.45, 2.75) is 19.3 Å². The zero-order chi connectivity index (χ0) is 16.2. The molecule has 1 aliphatic heterocycles. The number of benzene rings is 1. The minimum Gasteiger partial charge on any atom is -0.361 e. The van der Waals surface area contributed by atoms with Crippen molar-refractivity contribution >= 4 is 34.4 Å². The fourth-order valence-electron chi connectivity index (χ4n) is 2.52. The van der Waals surface area contributed by atoms with Crippen LogP contribution in [0.2, 0.25) is 0 Å². The molecule has 3 rings (SSSR count). The number of aromatic amines is 1. The predicted octanol–water partition coefficient (Wildman–Crippen LogP) is 2.62. The van der Waals surface area contributed by atoms with E-state index in [9.17, 15) is 10.1 Å². The van der Waals surface area contributed by atoms with Crippen LogP contribution < -0.4 is 5.32 Å². The van der Waals surface area contributed by atoms with Crippen LogP contribution in [0.25, 0.3) is 0 Å². The molecule has 0 radical (unpaired) electrons. The summed E-state index contributed by atoms with van der Waals surface area (Å²) in [6.07, 6.45) is 3.48. The van der Waals surface area contributed by atoms with Crippen LogP contribution in [-0.4, -0.2) is 43.3 Å². The number of nitro groups is 1. The van der Waals surface area contributed by atoms with E-state index in [2.05, 4.69) is 25.6 Å². The summed E-state index contributed by atoms with van der Waals surface area (Å²) >= 11 is 5.53. The van der Waals surface area contributed by atoms with Gasteiger partial charge in [-0.05, 0) is 31.4 Å². The van der Waals surface area contributed by atoms with Crippen LogP contribution in [-0.2, 0) is 0 Å². The third-order valence-electron chi connectivity index (χ3n) is 3.73. The molecule has 2 N–H and O–H groups in total. The van der Waals surface area contributed by atoms with Gasteiger partial charge in [0.2, 0.25) is 0 Å². The minimum atomic E-state index is -0.434. The maximum Gasteiger partial charge on any atom is 0.269 e. The standard InChI is InChI=1S/C14H16N6O2S/c21-20(22)11-6-4-10(5-7-11)15-13-12(16-18-17-13)14(23)19-8-2-1-3-9-19/h4-7H,1-3,8-9H2,(H2,15,16,17,18). The molecule has 0 unspecified atom stereocenters. The van der Waals surface area contributed by atoms with E-state index in [1.807, 2.05) is 0 Å². The third-order valence-corrected chi connectivity index (χ3v) is 4.19. The molecular formula is C14H16N6O2S. The first-order valence-electron chi connectivity index (χ1n) is 7.36. The van der Waals surface area contributed by atoms with E-state index < -0.39 is 4.92 Å². The number of aromatic nitrogens is 3. The zero-order valence-electron chi connectivity index (χ0n) is 12.4. The van der Waals surface area contributed by atoms with Crippen LogP contribution in [0.5, 0.6) is 0 Å². The Labute approximate surface area is 138 Å². The molecule has 0 saturated carbocycles. The van der Waals surface area contributed by atoms with Gasteiger partial charge in [0.05, 0.1) is 4.92 Å². The van der Waals surface area contributed by atoms with E-state index in [1.165, 1.54) is 18.6 Å². The Morgan fingerprint density at radius 1 is 1.22 bits per heavy atom. The Bertz CT molecular complexity index is 708. The largest absolute Gasteiger partial charge is 0.361 e. The lowest BCUT2D eigenvalue weighted by Crippen LogP contribution is -2.35. The predicted molar refractivity (Wildman–Crippen MR) is 89.9 cm³/mol. The normalized spacial score (nSPS) is 14.5. The first-order chi connectivity index (χ1) is 11.1. The Kier molecular flexibility index (Phi) is 4.47. The molecular weight excluding hydrogens is 316 g/mol. The first kappa shape index (κ1) is 15.3. The van der Waals surface area contributed by atoms with Crippen molar-refractivity contribution in [2.24, 2.45) is 0 Å². The van der Waals surface area contributed by atoms with Crippen LogP contribution in [0.3, 0.4) is 0 Å². The Morgan fingerprint density at radius 2 is 1.91 bits per heavy atom. The van der Waals surface area contributed by atoms with Crippen molar-refractivity contribution in [1.29, 1.82) is 0 Å². The SMILES string of the molecule is O=[N+]([O-])c1ccc(Nc2n[nH]nc2C(=S)N2CCCCC2)cc1. The van der Waals surface area contributed by atoms with Gasteiger partial charge in [0.1, 0.15) is 4.99 Å². The number of nitro benzene ring substituents is 1. The van der Waals surface area contributed by atoms with Gasteiger partial charge < -0.3 is 10.2 Å². The average Bonchev–Trinajstić information content (AvgIpc) is 3.03. The average molecular weight is 332 g/mol. The van der Waals surface area contributed by atoms with E-state index in [-0.39, 0.29) is 5.69 Å². The highest BCUT2D eigenvalue weighted by Crippen LogP contribution is 2.22. The van der Waals surface area contributed by atoms with Crippen LogP contribution in [0.15, 0.2) is 24.3 Å². The summed E-state index contributed by atoms with van der Waals surface area (Å²) in [5.41, 5.74) is 1.33. The van der Waals surface area contributed by atoms with Crippen LogP contribution in [0.1, 0.15) is 25.0 Å². The number of hydrogen-bond donors (Lipinski definition) is 2. The highest BCUT2D eigenvalue weighted by atomic mass is 32.1. The van der Waals surface area contributed by atoms with Crippen molar-refractivity contribution < 1.29 is 4.92 Å². The summed E-state index contributed by atoms with van der Waals surface area (Å²) in [5, 5.41) is 24.6. The first-order valence-corrected chi connectivity index (χ1v) is 7.77. The van der Waals surface area contributed by atoms with Gasteiger partial charge >= 0.3 is 0 Å². The number of piperidine rings is 1. The molecule has 2 heterocycles. The minimum absolute atomic E-state index is 0.0414. The fraction of sp³-hybridized carbons (Fsp3) is 0.357. The second kappa shape index (κ2) is 6.69. The topological polar surface area (TPSA) is 100.0 Å². The monoisotopic (exact) mass is 332 g/mol. The van der Waals surface area contributed by atoms with Gasteiger partial charge in [0.25, 0.3) is 5.69 Å². The second-order valence-corrected chi connectivity index (χ2v) is 5.69. The maximum atomic E-state index is 10.7. The van der Waals surface area contributed by atoms with Crippen molar-refractivity contribution in [3.05, 3.63) is 40.1 Å². The van der Waals surface area contributed by atoms with E-state index >= 15 is 0 Å². The number of rotatable bonds is 4. The van der Waals surface area contributed by atoms with Gasteiger partial charge in [0.15, 0.2) is 11.5 Å². The van der Waals surface area contributed by atoms with Gasteiger partial charge in [-0.15, -0.1) is 5.10 Å². The molecule has 23 heavy (non-hydrogen) atoms. The number of non-ortho nitro benzene ring substituents is 1. The number of H-pyrrole nitrogens is 1. The van der Waals surface area contributed by atoms with E-state index in [1.54, 1.807) is 12.1 Å². The molecule has 2 aromatic rings. The van der Waals surface area contributed by atoms with Crippen molar-refractivity contribution in [1.82, 2.24) is 20.3 Å². The number of thiocarbonyl (C=S) groups is 1. The molecule has 1 aliphatic rings. The van der Waals surface area contributed by atoms with Crippen LogP contribution in [0, 0.1) is 10.1 Å². The molecule has 9 heteroatoms. The zero-order valence-corrected chi connectivity index (χ0v) is 13.2. The highest BCUT2D eigenvalue weighted by Gasteiger charge is 2.20. The van der Waals surface area contributed by atoms with E-state index in [0.717, 1.165) is 25.9 Å². The third kappa shape index (κ3) is 3.45. The summed E-state index contributed by atoms with van der Waals surface area (Å²) in [7, 11) is 0. The summed E-state index contributed by atoms with van der Waals surface area (Å²) in [5.74, 6) is 0.523. The van der Waals surface area contributed by atoms with Gasteiger partial charge in [-0.25, -0.2) is 0 Å². The molecule has 0 aliphatic carbocycles. The highest BCUT2D eigenvalue weighted by molar-refractivity contribution is 7.80. The number of anilines is 2. The number of hydrogen-bond acceptors (Lipinski definition) is 6. The van der Waals surface area contributed by atoms with E-state index in [4.69, 9.17) is 12.2 Å². The molecule has 0 atom stereocenters. The van der Waals surface area contributed by atoms with Gasteiger partial charge in [-0.2, -0.15) is 10.3 Å². The Hall–Kier alpha value is -2.55. The molecule has 8 nitrogen and oxygen atoms in total. The van der Waals surface area contributed by atoms with Crippen molar-refractivity contribution in [3.63, 3.8) is 0 Å². The van der Waals surface area contributed by atoms with E-state index in [0.29, 0.717) is 22.2 Å². The second-order valence-electron chi connectivity index (χ2n) is 5.30. The van der Waals surface area contributed by atoms with Crippen molar-refractivity contribution in [3.8, 4) is 0 Å². The smallest absolute Gasteiger partial charge is 0.269 e. The van der Waals surface area contributed by atoms with Gasteiger partial charge in [-0.1, -0.05) is 12.2 Å². The summed E-state index contributed by atoms with van der Waals surface area (Å²) in [6.45, 7) is 1.87. The van der Waals surface area contributed by atoms with Gasteiger partial charge in [-0.3, -0.25) is 10.1 Å². The molecule has 1 saturated heterocycles. The Balaban J connectivity index is 1.75. The molecule has 0 bridgehead atoms. The molecule has 0 amide bonds. The fourth-order valence-corrected chi connectivity index (χ4v) is 2.84. The van der Waals surface area contributed by atoms with Crippen molar-refractivity contribution in [2.75, 3.05) is 18.4 Å². The summed E-state index contributed by atoms with van der Waals surface area (Å²) in [4.78, 5) is 13.1. The molecule has 120 valence electrons. The number of likely N-dealkylation sites (tertiary alicyclic amines) is 1. The van der Waals surface area contributed by atoms with Crippen LogP contribution in [0.4, 0.5) is 17.2 Å².